The molecule has 0 radical (unpaired) electrons. The number of carbonyl (C=O) groups is 2. The van der Waals surface area contributed by atoms with E-state index in [9.17, 15) is 18.0 Å². The molecule has 0 atom stereocenters. The number of esters is 1. The van der Waals surface area contributed by atoms with Gasteiger partial charge in [-0.1, -0.05) is 48.0 Å². The van der Waals surface area contributed by atoms with Crippen LogP contribution in [0.1, 0.15) is 24.0 Å². The molecule has 2 aromatic carbocycles. The molecule has 7 nitrogen and oxygen atoms in total. The molecule has 29 heavy (non-hydrogen) atoms. The van der Waals surface area contributed by atoms with Gasteiger partial charge in [-0.3, -0.25) is 9.59 Å². The average molecular weight is 414 g/mol. The fraction of sp³-hybridized carbons (Fsp3) is 0.286. The van der Waals surface area contributed by atoms with E-state index in [0.29, 0.717) is 13.0 Å². The summed E-state index contributed by atoms with van der Waals surface area (Å²) in [7, 11) is -3.58. The molecule has 0 saturated carbocycles. The van der Waals surface area contributed by atoms with Crippen LogP contribution in [0.2, 0.25) is 0 Å². The Balaban J connectivity index is 1.47. The number of sulfone groups is 1. The third-order valence-electron chi connectivity index (χ3n) is 4.51. The molecular weight excluding hydrogens is 392 g/mol. The van der Waals surface area contributed by atoms with Crippen LogP contribution in [0.3, 0.4) is 0 Å². The van der Waals surface area contributed by atoms with Crippen LogP contribution in [0.15, 0.2) is 64.6 Å². The number of ether oxygens (including phenoxy) is 1. The molecule has 3 rings (SSSR count). The summed E-state index contributed by atoms with van der Waals surface area (Å²) in [6, 6.07) is 15.9. The van der Waals surface area contributed by atoms with Gasteiger partial charge < -0.3 is 4.74 Å². The van der Waals surface area contributed by atoms with Crippen molar-refractivity contribution in [3.63, 3.8) is 0 Å². The zero-order valence-corrected chi connectivity index (χ0v) is 16.9. The minimum absolute atomic E-state index is 0.159. The first kappa shape index (κ1) is 20.7. The molecule has 2 aromatic rings. The molecule has 1 aliphatic rings. The second kappa shape index (κ2) is 9.00. The lowest BCUT2D eigenvalue weighted by molar-refractivity contribution is -0.151. The van der Waals surface area contributed by atoms with Crippen LogP contribution in [0.25, 0.3) is 0 Å². The summed E-state index contributed by atoms with van der Waals surface area (Å²) >= 11 is 0. The number of hydrogen-bond acceptors (Lipinski definition) is 6. The molecule has 0 bridgehead atoms. The first-order valence-electron chi connectivity index (χ1n) is 9.23. The molecule has 0 spiro atoms. The van der Waals surface area contributed by atoms with E-state index in [1.807, 2.05) is 37.3 Å². The van der Waals surface area contributed by atoms with Gasteiger partial charge in [0.05, 0.1) is 29.3 Å². The van der Waals surface area contributed by atoms with E-state index in [4.69, 9.17) is 4.74 Å². The second-order valence-corrected chi connectivity index (χ2v) is 8.83. The van der Waals surface area contributed by atoms with Crippen molar-refractivity contribution in [3.8, 4) is 0 Å². The van der Waals surface area contributed by atoms with Gasteiger partial charge >= 0.3 is 5.97 Å². The van der Waals surface area contributed by atoms with Gasteiger partial charge in [-0.25, -0.2) is 13.4 Å². The molecule has 1 aliphatic heterocycles. The molecule has 0 saturated heterocycles. The number of carbonyl (C=O) groups excluding carboxylic acids is 2. The minimum atomic E-state index is -3.58. The van der Waals surface area contributed by atoms with Crippen molar-refractivity contribution in [3.05, 3.63) is 65.7 Å². The Kier molecular flexibility index (Phi) is 6.43. The van der Waals surface area contributed by atoms with Gasteiger partial charge in [0.25, 0.3) is 5.91 Å². The number of aryl methyl sites for hydroxylation is 1. The summed E-state index contributed by atoms with van der Waals surface area (Å²) in [4.78, 5) is 24.3. The molecule has 1 heterocycles. The first-order valence-corrected chi connectivity index (χ1v) is 10.9. The van der Waals surface area contributed by atoms with Crippen molar-refractivity contribution in [1.82, 2.24) is 5.01 Å². The molecule has 0 N–H and O–H groups in total. The lowest BCUT2D eigenvalue weighted by atomic mass is 10.1. The van der Waals surface area contributed by atoms with E-state index in [2.05, 4.69) is 5.10 Å². The van der Waals surface area contributed by atoms with Gasteiger partial charge in [0.1, 0.15) is 0 Å². The van der Waals surface area contributed by atoms with Crippen LogP contribution < -0.4 is 0 Å². The summed E-state index contributed by atoms with van der Waals surface area (Å²) < 4.78 is 29.5. The topological polar surface area (TPSA) is 93.1 Å². The molecule has 0 aromatic heterocycles. The Hall–Kier alpha value is -3.00. The van der Waals surface area contributed by atoms with Crippen molar-refractivity contribution in [2.75, 3.05) is 18.9 Å². The Morgan fingerprint density at radius 2 is 1.76 bits per heavy atom. The molecule has 8 heteroatoms. The maximum atomic E-state index is 12.3. The SMILES string of the molecule is Cc1ccc(S(=O)(=O)CCC(=O)OCC(=O)N2CCC(c3ccccc3)=N2)cc1. The van der Waals surface area contributed by atoms with Gasteiger partial charge in [0.15, 0.2) is 16.4 Å². The molecular formula is C21H22N2O5S. The smallest absolute Gasteiger partial charge is 0.307 e. The van der Waals surface area contributed by atoms with Crippen molar-refractivity contribution >= 4 is 27.4 Å². The summed E-state index contributed by atoms with van der Waals surface area (Å²) in [5, 5.41) is 5.56. The maximum Gasteiger partial charge on any atom is 0.307 e. The van der Waals surface area contributed by atoms with Gasteiger partial charge in [0.2, 0.25) is 0 Å². The molecule has 152 valence electrons. The molecule has 1 amide bonds. The standard InChI is InChI=1S/C21H22N2O5S/c1-16-7-9-18(10-8-16)29(26,27)14-12-21(25)28-15-20(24)23-13-11-19(22-23)17-5-3-2-4-6-17/h2-10H,11-15H2,1H3. The number of hydrazone groups is 1. The monoisotopic (exact) mass is 414 g/mol. The summed E-state index contributed by atoms with van der Waals surface area (Å²) in [5.41, 5.74) is 2.69. The lowest BCUT2D eigenvalue weighted by Crippen LogP contribution is -2.29. The zero-order valence-electron chi connectivity index (χ0n) is 16.1. The van der Waals surface area contributed by atoms with Gasteiger partial charge in [-0.05, 0) is 24.6 Å². The van der Waals surface area contributed by atoms with E-state index >= 15 is 0 Å². The molecule has 0 unspecified atom stereocenters. The highest BCUT2D eigenvalue weighted by molar-refractivity contribution is 7.91. The quantitative estimate of drug-likeness (QED) is 0.649. The molecule has 0 aliphatic carbocycles. The van der Waals surface area contributed by atoms with Gasteiger partial charge in [-0.2, -0.15) is 5.10 Å². The predicted octanol–water partition coefficient (Wildman–Crippen LogP) is 2.34. The van der Waals surface area contributed by atoms with Crippen molar-refractivity contribution in [1.29, 1.82) is 0 Å². The summed E-state index contributed by atoms with van der Waals surface area (Å²) in [6.45, 7) is 1.81. The van der Waals surface area contributed by atoms with Crippen LogP contribution in [0.4, 0.5) is 0 Å². The van der Waals surface area contributed by atoms with Gasteiger partial charge in [0, 0.05) is 6.42 Å². The number of nitrogens with zero attached hydrogens (tertiary/aromatic N) is 2. The Morgan fingerprint density at radius 3 is 2.45 bits per heavy atom. The fourth-order valence-corrected chi connectivity index (χ4v) is 4.06. The highest BCUT2D eigenvalue weighted by atomic mass is 32.2. The Morgan fingerprint density at radius 1 is 1.07 bits per heavy atom. The number of benzene rings is 2. The Bertz CT molecular complexity index is 1010. The Labute approximate surface area is 169 Å². The molecule has 0 fully saturated rings. The summed E-state index contributed by atoms with van der Waals surface area (Å²) in [5.74, 6) is -1.55. The van der Waals surface area contributed by atoms with E-state index in [0.717, 1.165) is 16.8 Å². The van der Waals surface area contributed by atoms with E-state index in [1.54, 1.807) is 12.1 Å². The van der Waals surface area contributed by atoms with Crippen LogP contribution in [0, 0.1) is 6.92 Å². The van der Waals surface area contributed by atoms with Crippen LogP contribution >= 0.6 is 0 Å². The second-order valence-electron chi connectivity index (χ2n) is 6.72. The number of rotatable bonds is 7. The minimum Gasteiger partial charge on any atom is -0.455 e. The van der Waals surface area contributed by atoms with E-state index in [1.165, 1.54) is 17.1 Å². The van der Waals surface area contributed by atoms with Crippen molar-refractivity contribution in [2.24, 2.45) is 5.10 Å². The average Bonchev–Trinajstić information content (AvgIpc) is 3.22. The first-order chi connectivity index (χ1) is 13.8. The third kappa shape index (κ3) is 5.51. The summed E-state index contributed by atoms with van der Waals surface area (Å²) in [6.07, 6.45) is 0.306. The fourth-order valence-electron chi connectivity index (χ4n) is 2.84. The maximum absolute atomic E-state index is 12.3. The number of amides is 1. The largest absolute Gasteiger partial charge is 0.455 e. The lowest BCUT2D eigenvalue weighted by Gasteiger charge is -2.11. The van der Waals surface area contributed by atoms with E-state index in [-0.39, 0.29) is 17.1 Å². The van der Waals surface area contributed by atoms with Crippen molar-refractivity contribution < 1.29 is 22.7 Å². The third-order valence-corrected chi connectivity index (χ3v) is 6.24. The van der Waals surface area contributed by atoms with E-state index < -0.39 is 28.3 Å². The van der Waals surface area contributed by atoms with Crippen LogP contribution in [-0.4, -0.2) is 49.9 Å². The highest BCUT2D eigenvalue weighted by Gasteiger charge is 2.23. The van der Waals surface area contributed by atoms with Crippen LogP contribution in [-0.2, 0) is 24.2 Å². The van der Waals surface area contributed by atoms with Crippen LogP contribution in [0.5, 0.6) is 0 Å². The zero-order chi connectivity index (χ0) is 20.9. The highest BCUT2D eigenvalue weighted by Crippen LogP contribution is 2.15. The van der Waals surface area contributed by atoms with Gasteiger partial charge in [-0.15, -0.1) is 0 Å². The number of hydrogen-bond donors (Lipinski definition) is 0. The normalized spacial score (nSPS) is 13.8. The predicted molar refractivity (Wildman–Crippen MR) is 108 cm³/mol. The van der Waals surface area contributed by atoms with Crippen molar-refractivity contribution in [2.45, 2.75) is 24.7 Å².